The van der Waals surface area contributed by atoms with E-state index in [2.05, 4.69) is 4.98 Å². The van der Waals surface area contributed by atoms with Crippen LogP contribution in [-0.2, 0) is 6.18 Å². The summed E-state index contributed by atoms with van der Waals surface area (Å²) < 4.78 is 38.1. The van der Waals surface area contributed by atoms with Crippen LogP contribution in [0.1, 0.15) is 5.56 Å². The minimum absolute atomic E-state index is 0.185. The van der Waals surface area contributed by atoms with Crippen molar-refractivity contribution >= 4 is 17.2 Å². The lowest BCUT2D eigenvalue weighted by Crippen LogP contribution is -2.05. The van der Waals surface area contributed by atoms with Crippen LogP contribution in [0.3, 0.4) is 0 Å². The Balaban J connectivity index is 2.63. The molecule has 2 nitrogen and oxygen atoms in total. The summed E-state index contributed by atoms with van der Waals surface area (Å²) in [6, 6.07) is 1.91. The van der Waals surface area contributed by atoms with E-state index in [0.29, 0.717) is 0 Å². The van der Waals surface area contributed by atoms with Gasteiger partial charge in [0.15, 0.2) is 0 Å². The van der Waals surface area contributed by atoms with E-state index in [0.717, 1.165) is 12.1 Å². The van der Waals surface area contributed by atoms with E-state index in [1.807, 2.05) is 0 Å². The molecule has 6 heteroatoms. The van der Waals surface area contributed by atoms with Gasteiger partial charge in [-0.2, -0.15) is 13.2 Å². The second-order valence-electron chi connectivity index (χ2n) is 2.72. The van der Waals surface area contributed by atoms with Gasteiger partial charge in [-0.15, -0.1) is 0 Å². The number of fused-ring (bicyclic) bond motifs is 1. The van der Waals surface area contributed by atoms with Crippen LogP contribution in [0.2, 0.25) is 5.15 Å². The summed E-state index contributed by atoms with van der Waals surface area (Å²) in [4.78, 5) is 3.72. The zero-order valence-electron chi connectivity index (χ0n) is 6.72. The van der Waals surface area contributed by atoms with Crippen LogP contribution in [0.25, 0.3) is 5.65 Å². The molecule has 2 heterocycles. The van der Waals surface area contributed by atoms with Crippen molar-refractivity contribution in [1.82, 2.24) is 9.38 Å². The monoisotopic (exact) mass is 220 g/mol. The van der Waals surface area contributed by atoms with E-state index in [1.54, 1.807) is 0 Å². The summed E-state index contributed by atoms with van der Waals surface area (Å²) >= 11 is 5.66. The molecule has 0 atom stereocenters. The van der Waals surface area contributed by atoms with Crippen molar-refractivity contribution in [2.24, 2.45) is 0 Å². The molecule has 0 saturated carbocycles. The quantitative estimate of drug-likeness (QED) is 0.667. The molecule has 2 aromatic rings. The van der Waals surface area contributed by atoms with Crippen LogP contribution in [0.4, 0.5) is 13.2 Å². The molecule has 2 rings (SSSR count). The summed E-state index contributed by atoms with van der Waals surface area (Å²) in [6.07, 6.45) is -1.80. The van der Waals surface area contributed by atoms with Gasteiger partial charge in [-0.3, -0.25) is 4.40 Å². The second kappa shape index (κ2) is 2.88. The highest BCUT2D eigenvalue weighted by molar-refractivity contribution is 6.29. The molecular formula is C8H4ClF3N2. The van der Waals surface area contributed by atoms with Crippen LogP contribution in [0.5, 0.6) is 0 Å². The highest BCUT2D eigenvalue weighted by atomic mass is 35.5. The van der Waals surface area contributed by atoms with Gasteiger partial charge >= 0.3 is 6.18 Å². The molecule has 0 saturated heterocycles. The number of halogens is 4. The van der Waals surface area contributed by atoms with Gasteiger partial charge in [-0.25, -0.2) is 4.98 Å². The van der Waals surface area contributed by atoms with E-state index >= 15 is 0 Å². The Morgan fingerprint density at radius 3 is 2.71 bits per heavy atom. The van der Waals surface area contributed by atoms with Crippen molar-refractivity contribution < 1.29 is 13.2 Å². The number of imidazole rings is 1. The predicted molar refractivity (Wildman–Crippen MR) is 45.2 cm³/mol. The summed E-state index contributed by atoms with van der Waals surface area (Å²) in [5.74, 6) is 0. The van der Waals surface area contributed by atoms with E-state index in [4.69, 9.17) is 11.6 Å². The zero-order valence-corrected chi connectivity index (χ0v) is 7.47. The zero-order chi connectivity index (χ0) is 10.3. The van der Waals surface area contributed by atoms with Crippen molar-refractivity contribution in [3.05, 3.63) is 35.2 Å². The molecule has 0 aliphatic heterocycles. The number of hydrogen-bond donors (Lipinski definition) is 0. The first-order valence-corrected chi connectivity index (χ1v) is 4.06. The first-order valence-electron chi connectivity index (χ1n) is 3.68. The Morgan fingerprint density at radius 2 is 2.07 bits per heavy atom. The minimum Gasteiger partial charge on any atom is -0.291 e. The van der Waals surface area contributed by atoms with Crippen LogP contribution in [0.15, 0.2) is 24.5 Å². The number of pyridine rings is 1. The third kappa shape index (κ3) is 1.43. The van der Waals surface area contributed by atoms with E-state index in [1.165, 1.54) is 16.8 Å². The normalized spacial score (nSPS) is 12.3. The van der Waals surface area contributed by atoms with Gasteiger partial charge in [-0.05, 0) is 12.1 Å². The van der Waals surface area contributed by atoms with Crippen molar-refractivity contribution in [1.29, 1.82) is 0 Å². The number of alkyl halides is 3. The van der Waals surface area contributed by atoms with Crippen molar-refractivity contribution in [3.8, 4) is 0 Å². The van der Waals surface area contributed by atoms with Crippen molar-refractivity contribution in [2.75, 3.05) is 0 Å². The predicted octanol–water partition coefficient (Wildman–Crippen LogP) is 3.01. The summed E-state index contributed by atoms with van der Waals surface area (Å²) in [5.41, 5.74) is -0.544. The fourth-order valence-electron chi connectivity index (χ4n) is 1.13. The van der Waals surface area contributed by atoms with Crippen LogP contribution in [-0.4, -0.2) is 9.38 Å². The highest BCUT2D eigenvalue weighted by Gasteiger charge is 2.30. The van der Waals surface area contributed by atoms with Crippen molar-refractivity contribution in [3.63, 3.8) is 0 Å². The lowest BCUT2D eigenvalue weighted by atomic mass is 10.2. The lowest BCUT2D eigenvalue weighted by Gasteiger charge is -2.06. The fourth-order valence-corrected chi connectivity index (χ4v) is 1.32. The molecule has 0 N–H and O–H groups in total. The maximum atomic E-state index is 12.3. The highest BCUT2D eigenvalue weighted by Crippen LogP contribution is 2.30. The molecule has 0 spiro atoms. The topological polar surface area (TPSA) is 17.3 Å². The van der Waals surface area contributed by atoms with Gasteiger partial charge in [0.1, 0.15) is 10.8 Å². The summed E-state index contributed by atoms with van der Waals surface area (Å²) in [7, 11) is 0. The molecule has 0 aliphatic rings. The van der Waals surface area contributed by atoms with Crippen molar-refractivity contribution in [2.45, 2.75) is 6.18 Å². The number of aromatic nitrogens is 2. The van der Waals surface area contributed by atoms with Gasteiger partial charge in [0.2, 0.25) is 0 Å². The molecule has 0 fully saturated rings. The van der Waals surface area contributed by atoms with Gasteiger partial charge in [0, 0.05) is 6.20 Å². The average Bonchev–Trinajstić information content (AvgIpc) is 2.46. The third-order valence-electron chi connectivity index (χ3n) is 1.80. The Kier molecular flexibility index (Phi) is 1.92. The Labute approximate surface area is 81.9 Å². The van der Waals surface area contributed by atoms with Gasteiger partial charge in [-0.1, -0.05) is 11.6 Å². The largest absolute Gasteiger partial charge is 0.416 e. The van der Waals surface area contributed by atoms with Crippen LogP contribution in [0, 0.1) is 0 Å². The Bertz CT molecular complexity index is 475. The molecule has 0 radical (unpaired) electrons. The summed E-state index contributed by atoms with van der Waals surface area (Å²) in [5, 5.41) is 0.286. The maximum absolute atomic E-state index is 12.3. The standard InChI is InChI=1S/C8H4ClF3N2/c9-6-4-13-7-3-5(8(10,11)12)1-2-14(6)7/h1-4H. The number of hydrogen-bond acceptors (Lipinski definition) is 1. The second-order valence-corrected chi connectivity index (χ2v) is 3.11. The average molecular weight is 221 g/mol. The molecule has 0 amide bonds. The molecule has 0 unspecified atom stereocenters. The first-order chi connectivity index (χ1) is 6.48. The van der Waals surface area contributed by atoms with Crippen LogP contribution >= 0.6 is 11.6 Å². The number of nitrogens with zero attached hydrogens (tertiary/aromatic N) is 2. The SMILES string of the molecule is FC(F)(F)c1ccn2c(Cl)cnc2c1. The molecule has 0 aromatic carbocycles. The molecule has 74 valence electrons. The molecule has 2 aromatic heterocycles. The maximum Gasteiger partial charge on any atom is 0.416 e. The molecule has 14 heavy (non-hydrogen) atoms. The van der Waals surface area contributed by atoms with E-state index < -0.39 is 11.7 Å². The Hall–Kier alpha value is -1.23. The first kappa shape index (κ1) is 9.33. The molecule has 0 aliphatic carbocycles. The van der Waals surface area contributed by atoms with Crippen LogP contribution < -0.4 is 0 Å². The lowest BCUT2D eigenvalue weighted by molar-refractivity contribution is -0.137. The van der Waals surface area contributed by atoms with Gasteiger partial charge in [0.25, 0.3) is 0 Å². The number of rotatable bonds is 0. The van der Waals surface area contributed by atoms with E-state index in [9.17, 15) is 13.2 Å². The third-order valence-corrected chi connectivity index (χ3v) is 2.08. The summed E-state index contributed by atoms with van der Waals surface area (Å²) in [6.45, 7) is 0. The Morgan fingerprint density at radius 1 is 1.36 bits per heavy atom. The molecular weight excluding hydrogens is 217 g/mol. The minimum atomic E-state index is -4.35. The smallest absolute Gasteiger partial charge is 0.291 e. The molecule has 0 bridgehead atoms. The van der Waals surface area contributed by atoms with Gasteiger partial charge < -0.3 is 0 Å². The fraction of sp³-hybridized carbons (Fsp3) is 0.125. The van der Waals surface area contributed by atoms with Gasteiger partial charge in [0.05, 0.1) is 11.8 Å². The van der Waals surface area contributed by atoms with E-state index in [-0.39, 0.29) is 10.8 Å².